The van der Waals surface area contributed by atoms with Crippen molar-refractivity contribution in [2.24, 2.45) is 5.41 Å². The highest BCUT2D eigenvalue weighted by Gasteiger charge is 2.64. The standard InChI is InChI=1S/C11H13F3N2O4S/c12-11(13,14)10(9(19)20)1-2-15(5-10)7(17)3-16-6-21-4-8(16)18/h1-6H2,(H,19,20). The average Bonchev–Trinajstić information content (AvgIpc) is 2.96. The van der Waals surface area contributed by atoms with Crippen LogP contribution in [0.25, 0.3) is 0 Å². The van der Waals surface area contributed by atoms with E-state index in [1.165, 1.54) is 16.7 Å². The fourth-order valence-electron chi connectivity index (χ4n) is 2.35. The van der Waals surface area contributed by atoms with Gasteiger partial charge in [0.2, 0.25) is 11.8 Å². The predicted octanol–water partition coefficient (Wildman–Crippen LogP) is 0.385. The summed E-state index contributed by atoms with van der Waals surface area (Å²) in [5.74, 6) is -2.30. The summed E-state index contributed by atoms with van der Waals surface area (Å²) in [7, 11) is 0. The molecule has 0 aromatic carbocycles. The molecule has 1 N–H and O–H groups in total. The number of halogens is 3. The number of amides is 2. The lowest BCUT2D eigenvalue weighted by atomic mass is 9.86. The number of hydrogen-bond donors (Lipinski definition) is 1. The molecule has 2 aliphatic rings. The third-order valence-electron chi connectivity index (χ3n) is 3.73. The van der Waals surface area contributed by atoms with Crippen LogP contribution < -0.4 is 0 Å². The zero-order valence-corrected chi connectivity index (χ0v) is 11.7. The largest absolute Gasteiger partial charge is 0.481 e. The molecule has 10 heteroatoms. The minimum atomic E-state index is -4.92. The van der Waals surface area contributed by atoms with E-state index in [2.05, 4.69) is 0 Å². The quantitative estimate of drug-likeness (QED) is 0.811. The van der Waals surface area contributed by atoms with Crippen LogP contribution in [0.5, 0.6) is 0 Å². The highest BCUT2D eigenvalue weighted by atomic mass is 32.2. The van der Waals surface area contributed by atoms with E-state index in [0.717, 1.165) is 4.90 Å². The number of alkyl halides is 3. The van der Waals surface area contributed by atoms with Crippen LogP contribution in [0.15, 0.2) is 0 Å². The van der Waals surface area contributed by atoms with E-state index in [1.807, 2.05) is 0 Å². The molecule has 2 aliphatic heterocycles. The maximum atomic E-state index is 13.0. The van der Waals surface area contributed by atoms with Crippen LogP contribution in [0.2, 0.25) is 0 Å². The van der Waals surface area contributed by atoms with Crippen molar-refractivity contribution < 1.29 is 32.7 Å². The van der Waals surface area contributed by atoms with Gasteiger partial charge in [-0.05, 0) is 6.42 Å². The number of aliphatic carboxylic acids is 1. The number of nitrogens with zero attached hydrogens (tertiary/aromatic N) is 2. The Hall–Kier alpha value is -1.45. The fourth-order valence-corrected chi connectivity index (χ4v) is 3.26. The summed E-state index contributed by atoms with van der Waals surface area (Å²) < 4.78 is 39.0. The SMILES string of the molecule is O=C1CSCN1CC(=O)N1CCC(C(=O)O)(C(F)(F)F)C1. The van der Waals surface area contributed by atoms with Crippen LogP contribution >= 0.6 is 11.8 Å². The molecule has 1 atom stereocenters. The van der Waals surface area contributed by atoms with Gasteiger partial charge in [0.1, 0.15) is 6.54 Å². The topological polar surface area (TPSA) is 77.9 Å². The van der Waals surface area contributed by atoms with Crippen molar-refractivity contribution in [2.75, 3.05) is 31.3 Å². The van der Waals surface area contributed by atoms with Crippen LogP contribution in [-0.2, 0) is 14.4 Å². The van der Waals surface area contributed by atoms with Gasteiger partial charge in [-0.1, -0.05) is 0 Å². The number of thioether (sulfide) groups is 1. The predicted molar refractivity (Wildman–Crippen MR) is 66.4 cm³/mol. The third-order valence-corrected chi connectivity index (χ3v) is 4.67. The highest BCUT2D eigenvalue weighted by Crippen LogP contribution is 2.45. The Morgan fingerprint density at radius 3 is 2.48 bits per heavy atom. The van der Waals surface area contributed by atoms with E-state index < -0.39 is 36.4 Å². The molecule has 118 valence electrons. The molecule has 6 nitrogen and oxygen atoms in total. The molecule has 2 amide bonds. The summed E-state index contributed by atoms with van der Waals surface area (Å²) in [6, 6.07) is 0. The minimum absolute atomic E-state index is 0.243. The van der Waals surface area contributed by atoms with Gasteiger partial charge in [-0.25, -0.2) is 0 Å². The first-order valence-electron chi connectivity index (χ1n) is 6.11. The molecule has 0 saturated carbocycles. The van der Waals surface area contributed by atoms with E-state index in [9.17, 15) is 27.6 Å². The van der Waals surface area contributed by atoms with Crippen LogP contribution in [0.4, 0.5) is 13.2 Å². The zero-order valence-electron chi connectivity index (χ0n) is 10.9. The van der Waals surface area contributed by atoms with Crippen LogP contribution in [0.1, 0.15) is 6.42 Å². The number of likely N-dealkylation sites (tertiary alicyclic amines) is 1. The Morgan fingerprint density at radius 2 is 2.05 bits per heavy atom. The molecular formula is C11H13F3N2O4S. The summed E-state index contributed by atoms with van der Waals surface area (Å²) >= 11 is 1.32. The van der Waals surface area contributed by atoms with Gasteiger partial charge < -0.3 is 14.9 Å². The lowest BCUT2D eigenvalue weighted by Crippen LogP contribution is -2.48. The van der Waals surface area contributed by atoms with Gasteiger partial charge in [-0.3, -0.25) is 14.4 Å². The van der Waals surface area contributed by atoms with Crippen molar-refractivity contribution in [3.05, 3.63) is 0 Å². The molecule has 0 spiro atoms. The Kier molecular flexibility index (Phi) is 4.09. The lowest BCUT2D eigenvalue weighted by molar-refractivity contribution is -0.227. The molecule has 2 heterocycles. The number of rotatable bonds is 3. The molecule has 0 radical (unpaired) electrons. The van der Waals surface area contributed by atoms with Gasteiger partial charge in [0.25, 0.3) is 0 Å². The monoisotopic (exact) mass is 326 g/mol. The van der Waals surface area contributed by atoms with Crippen molar-refractivity contribution in [1.29, 1.82) is 0 Å². The van der Waals surface area contributed by atoms with Crippen LogP contribution in [0.3, 0.4) is 0 Å². The molecule has 0 aromatic heterocycles. The van der Waals surface area contributed by atoms with Crippen LogP contribution in [0, 0.1) is 5.41 Å². The Morgan fingerprint density at radius 1 is 1.38 bits per heavy atom. The number of hydrogen-bond acceptors (Lipinski definition) is 4. The summed E-state index contributed by atoms with van der Waals surface area (Å²) in [4.78, 5) is 36.5. The Balaban J connectivity index is 2.05. The van der Waals surface area contributed by atoms with Gasteiger partial charge in [-0.15, -0.1) is 11.8 Å². The van der Waals surface area contributed by atoms with Gasteiger partial charge in [-0.2, -0.15) is 13.2 Å². The molecule has 2 fully saturated rings. The lowest BCUT2D eigenvalue weighted by Gasteiger charge is -2.27. The molecule has 0 aromatic rings. The summed E-state index contributed by atoms with van der Waals surface area (Å²) in [6.07, 6.45) is -5.59. The second-order valence-corrected chi connectivity index (χ2v) is 5.97. The summed E-state index contributed by atoms with van der Waals surface area (Å²) in [5.41, 5.74) is -2.91. The van der Waals surface area contributed by atoms with Crippen molar-refractivity contribution in [3.8, 4) is 0 Å². The van der Waals surface area contributed by atoms with E-state index in [4.69, 9.17) is 5.11 Å². The first kappa shape index (κ1) is 15.9. The smallest absolute Gasteiger partial charge is 0.406 e. The second kappa shape index (κ2) is 5.39. The van der Waals surface area contributed by atoms with Crippen LogP contribution in [-0.4, -0.2) is 70.1 Å². The fraction of sp³-hybridized carbons (Fsp3) is 0.727. The number of carbonyl (C=O) groups excluding carboxylic acids is 2. The molecule has 1 unspecified atom stereocenters. The maximum Gasteiger partial charge on any atom is 0.406 e. The maximum absolute atomic E-state index is 13.0. The van der Waals surface area contributed by atoms with Crippen molar-refractivity contribution in [2.45, 2.75) is 12.6 Å². The van der Waals surface area contributed by atoms with Gasteiger partial charge >= 0.3 is 12.1 Å². The molecule has 0 aliphatic carbocycles. The van der Waals surface area contributed by atoms with E-state index in [-0.39, 0.29) is 24.7 Å². The van der Waals surface area contributed by atoms with E-state index in [1.54, 1.807) is 0 Å². The Bertz CT molecular complexity index is 485. The average molecular weight is 326 g/mol. The molecule has 2 rings (SSSR count). The van der Waals surface area contributed by atoms with E-state index >= 15 is 0 Å². The minimum Gasteiger partial charge on any atom is -0.481 e. The number of carboxylic acids is 1. The van der Waals surface area contributed by atoms with Crippen molar-refractivity contribution in [1.82, 2.24) is 9.80 Å². The van der Waals surface area contributed by atoms with E-state index in [0.29, 0.717) is 5.88 Å². The number of carboxylic acid groups (broad SMARTS) is 1. The van der Waals surface area contributed by atoms with Crippen molar-refractivity contribution in [3.63, 3.8) is 0 Å². The second-order valence-electron chi connectivity index (χ2n) is 5.02. The van der Waals surface area contributed by atoms with Gasteiger partial charge in [0, 0.05) is 13.1 Å². The first-order valence-corrected chi connectivity index (χ1v) is 7.26. The summed E-state index contributed by atoms with van der Waals surface area (Å²) in [6.45, 7) is -1.49. The first-order chi connectivity index (χ1) is 9.67. The van der Waals surface area contributed by atoms with Gasteiger partial charge in [0.15, 0.2) is 5.41 Å². The zero-order chi connectivity index (χ0) is 15.8. The number of carbonyl (C=O) groups is 3. The molecular weight excluding hydrogens is 313 g/mol. The normalized spacial score (nSPS) is 26.5. The molecule has 21 heavy (non-hydrogen) atoms. The third kappa shape index (κ3) is 2.81. The highest BCUT2D eigenvalue weighted by molar-refractivity contribution is 8.00. The molecule has 0 bridgehead atoms. The molecule has 2 saturated heterocycles. The summed E-state index contributed by atoms with van der Waals surface area (Å²) in [5, 5.41) is 8.90. The van der Waals surface area contributed by atoms with Gasteiger partial charge in [0.05, 0.1) is 11.6 Å². The van der Waals surface area contributed by atoms with Crippen molar-refractivity contribution >= 4 is 29.5 Å². The Labute approximate surface area is 122 Å².